The molecule has 2 nitrogen and oxygen atoms in total. The fraction of sp³-hybridized carbons (Fsp3) is 0.333. The van der Waals surface area contributed by atoms with Crippen molar-refractivity contribution in [1.29, 1.82) is 0 Å². The largest absolute Gasteiger partial charge is 0.271 e. The van der Waals surface area contributed by atoms with Crippen molar-refractivity contribution in [2.45, 2.75) is 38.1 Å². The van der Waals surface area contributed by atoms with Gasteiger partial charge < -0.3 is 0 Å². The van der Waals surface area contributed by atoms with Gasteiger partial charge in [0.15, 0.2) is 0 Å². The molecule has 0 heterocycles. The molecule has 3 rings (SSSR count). The molecule has 3 N–H and O–H groups in total. The predicted octanol–water partition coefficient (Wildman–Crippen LogP) is 3.82. The molecule has 1 aliphatic rings. The molecule has 2 aromatic rings. The Morgan fingerprint density at radius 2 is 1.65 bits per heavy atom. The molecule has 1 fully saturated rings. The Bertz CT molecular complexity index is 587. The molecule has 0 spiro atoms. The number of benzene rings is 2. The molecule has 1 aliphatic carbocycles. The second kappa shape index (κ2) is 5.78. The van der Waals surface area contributed by atoms with Crippen molar-refractivity contribution in [1.82, 2.24) is 5.43 Å². The van der Waals surface area contributed by atoms with Crippen molar-refractivity contribution in [3.8, 4) is 0 Å². The molecule has 2 aromatic carbocycles. The first-order valence-electron chi connectivity index (χ1n) is 7.41. The number of hydrazine groups is 1. The average molecular weight is 266 g/mol. The van der Waals surface area contributed by atoms with Gasteiger partial charge in [0.1, 0.15) is 0 Å². The summed E-state index contributed by atoms with van der Waals surface area (Å²) in [5, 5.41) is 0. The van der Waals surface area contributed by atoms with Gasteiger partial charge in [-0.2, -0.15) is 0 Å². The van der Waals surface area contributed by atoms with Gasteiger partial charge in [-0.1, -0.05) is 55.0 Å². The molecule has 0 bridgehead atoms. The van der Waals surface area contributed by atoms with E-state index in [1.54, 1.807) is 0 Å². The minimum Gasteiger partial charge on any atom is -0.271 e. The van der Waals surface area contributed by atoms with Crippen molar-refractivity contribution in [3.05, 3.63) is 70.8 Å². The Kier molecular flexibility index (Phi) is 3.86. The Hall–Kier alpha value is -1.64. The van der Waals surface area contributed by atoms with Crippen LogP contribution in [0.4, 0.5) is 0 Å². The highest BCUT2D eigenvalue weighted by Crippen LogP contribution is 2.40. The molecular weight excluding hydrogens is 244 g/mol. The minimum absolute atomic E-state index is 0.0769. The molecule has 0 amide bonds. The zero-order valence-corrected chi connectivity index (χ0v) is 12.0. The normalized spacial score (nSPS) is 16.7. The predicted molar refractivity (Wildman–Crippen MR) is 83.4 cm³/mol. The molecule has 2 heteroatoms. The van der Waals surface area contributed by atoms with E-state index in [9.17, 15) is 0 Å². The summed E-state index contributed by atoms with van der Waals surface area (Å²) in [4.78, 5) is 0. The third-order valence-corrected chi connectivity index (χ3v) is 4.52. The SMILES string of the molecule is Cc1ccccc1C(NN)c1ccccc1C1CCC1. The lowest BCUT2D eigenvalue weighted by molar-refractivity contribution is 0.414. The number of nitrogens with two attached hydrogens (primary N) is 1. The number of hydrogen-bond acceptors (Lipinski definition) is 2. The van der Waals surface area contributed by atoms with E-state index in [0.29, 0.717) is 5.92 Å². The molecule has 20 heavy (non-hydrogen) atoms. The lowest BCUT2D eigenvalue weighted by Crippen LogP contribution is -2.30. The second-order valence-corrected chi connectivity index (χ2v) is 5.71. The summed E-state index contributed by atoms with van der Waals surface area (Å²) in [5.41, 5.74) is 8.35. The first-order valence-corrected chi connectivity index (χ1v) is 7.41. The fourth-order valence-corrected chi connectivity index (χ4v) is 3.12. The van der Waals surface area contributed by atoms with Crippen LogP contribution >= 0.6 is 0 Å². The second-order valence-electron chi connectivity index (χ2n) is 5.71. The Balaban J connectivity index is 2.03. The summed E-state index contributed by atoms with van der Waals surface area (Å²) in [6, 6.07) is 17.3. The van der Waals surface area contributed by atoms with Crippen LogP contribution in [0.3, 0.4) is 0 Å². The quantitative estimate of drug-likeness (QED) is 0.652. The lowest BCUT2D eigenvalue weighted by Gasteiger charge is -2.31. The van der Waals surface area contributed by atoms with E-state index < -0.39 is 0 Å². The first-order chi connectivity index (χ1) is 9.81. The van der Waals surface area contributed by atoms with Gasteiger partial charge in [-0.05, 0) is 47.9 Å². The summed E-state index contributed by atoms with van der Waals surface area (Å²) >= 11 is 0. The molecule has 1 unspecified atom stereocenters. The highest BCUT2D eigenvalue weighted by Gasteiger charge is 2.25. The standard InChI is InChI=1S/C18H22N2/c1-13-7-2-3-10-15(13)18(20-19)17-12-5-4-11-16(17)14-8-6-9-14/h2-5,7,10-12,14,18,20H,6,8-9,19H2,1H3. The zero-order chi connectivity index (χ0) is 13.9. The highest BCUT2D eigenvalue weighted by molar-refractivity contribution is 5.42. The molecule has 1 saturated carbocycles. The minimum atomic E-state index is 0.0769. The first kappa shape index (κ1) is 13.3. The topological polar surface area (TPSA) is 38.0 Å². The monoisotopic (exact) mass is 266 g/mol. The maximum atomic E-state index is 5.88. The van der Waals surface area contributed by atoms with Crippen molar-refractivity contribution in [2.75, 3.05) is 0 Å². The van der Waals surface area contributed by atoms with E-state index >= 15 is 0 Å². The Labute approximate surface area is 121 Å². The van der Waals surface area contributed by atoms with E-state index in [1.807, 2.05) is 0 Å². The molecule has 104 valence electrons. The summed E-state index contributed by atoms with van der Waals surface area (Å²) in [6.45, 7) is 2.14. The third kappa shape index (κ3) is 2.37. The molecule has 0 radical (unpaired) electrons. The van der Waals surface area contributed by atoms with Gasteiger partial charge in [-0.25, -0.2) is 5.43 Å². The molecule has 1 atom stereocenters. The van der Waals surface area contributed by atoms with Crippen LogP contribution in [-0.4, -0.2) is 0 Å². The van der Waals surface area contributed by atoms with E-state index in [0.717, 1.165) is 0 Å². The van der Waals surface area contributed by atoms with E-state index in [4.69, 9.17) is 5.84 Å². The molecule has 0 saturated heterocycles. The van der Waals surface area contributed by atoms with E-state index in [1.165, 1.54) is 41.5 Å². The highest BCUT2D eigenvalue weighted by atomic mass is 15.2. The average Bonchev–Trinajstić information content (AvgIpc) is 2.41. The van der Waals surface area contributed by atoms with Crippen molar-refractivity contribution in [2.24, 2.45) is 5.84 Å². The van der Waals surface area contributed by atoms with Gasteiger partial charge in [0.05, 0.1) is 6.04 Å². The third-order valence-electron chi connectivity index (χ3n) is 4.52. The number of aryl methyl sites for hydroxylation is 1. The van der Waals surface area contributed by atoms with Gasteiger partial charge in [-0.15, -0.1) is 0 Å². The van der Waals surface area contributed by atoms with Gasteiger partial charge in [-0.3, -0.25) is 5.84 Å². The van der Waals surface area contributed by atoms with Crippen LogP contribution < -0.4 is 11.3 Å². The van der Waals surface area contributed by atoms with Crippen molar-refractivity contribution < 1.29 is 0 Å². The summed E-state index contributed by atoms with van der Waals surface area (Å²) in [6.07, 6.45) is 3.97. The summed E-state index contributed by atoms with van der Waals surface area (Å²) < 4.78 is 0. The number of rotatable bonds is 4. The lowest BCUT2D eigenvalue weighted by atomic mass is 9.76. The molecule has 0 aromatic heterocycles. The fourth-order valence-electron chi connectivity index (χ4n) is 3.12. The Morgan fingerprint density at radius 3 is 2.25 bits per heavy atom. The number of nitrogens with one attached hydrogen (secondary N) is 1. The van der Waals surface area contributed by atoms with Gasteiger partial charge in [0.2, 0.25) is 0 Å². The van der Waals surface area contributed by atoms with Crippen LogP contribution in [0, 0.1) is 6.92 Å². The van der Waals surface area contributed by atoms with Crippen molar-refractivity contribution >= 4 is 0 Å². The molecular formula is C18H22N2. The van der Waals surface area contributed by atoms with Gasteiger partial charge in [0.25, 0.3) is 0 Å². The molecule has 0 aliphatic heterocycles. The van der Waals surface area contributed by atoms with Crippen LogP contribution in [0.25, 0.3) is 0 Å². The van der Waals surface area contributed by atoms with Gasteiger partial charge >= 0.3 is 0 Å². The van der Waals surface area contributed by atoms with E-state index in [-0.39, 0.29) is 6.04 Å². The van der Waals surface area contributed by atoms with Crippen LogP contribution in [0.15, 0.2) is 48.5 Å². The van der Waals surface area contributed by atoms with Crippen LogP contribution in [0.5, 0.6) is 0 Å². The Morgan fingerprint density at radius 1 is 1.00 bits per heavy atom. The zero-order valence-electron chi connectivity index (χ0n) is 12.0. The summed E-state index contributed by atoms with van der Waals surface area (Å²) in [5.74, 6) is 6.60. The van der Waals surface area contributed by atoms with Crippen LogP contribution in [0.2, 0.25) is 0 Å². The van der Waals surface area contributed by atoms with Crippen LogP contribution in [-0.2, 0) is 0 Å². The number of hydrogen-bond donors (Lipinski definition) is 2. The summed E-state index contributed by atoms with van der Waals surface area (Å²) in [7, 11) is 0. The maximum Gasteiger partial charge on any atom is 0.0715 e. The van der Waals surface area contributed by atoms with E-state index in [2.05, 4.69) is 60.9 Å². The van der Waals surface area contributed by atoms with Gasteiger partial charge in [0, 0.05) is 0 Å². The van der Waals surface area contributed by atoms with Crippen molar-refractivity contribution in [3.63, 3.8) is 0 Å². The maximum absolute atomic E-state index is 5.88. The smallest absolute Gasteiger partial charge is 0.0715 e. The van der Waals surface area contributed by atoms with Crippen LogP contribution in [0.1, 0.15) is 53.5 Å².